The Labute approximate surface area is 131 Å². The lowest BCUT2D eigenvalue weighted by molar-refractivity contribution is 0.182. The molecule has 0 bridgehead atoms. The van der Waals surface area contributed by atoms with Crippen molar-refractivity contribution in [3.63, 3.8) is 0 Å². The number of likely N-dealkylation sites (N-methyl/N-ethyl adjacent to an activating group) is 1. The lowest BCUT2D eigenvalue weighted by Gasteiger charge is -2.34. The summed E-state index contributed by atoms with van der Waals surface area (Å²) in [7, 11) is 0.000142. The number of hydrogen-bond donors (Lipinski definition) is 0. The van der Waals surface area contributed by atoms with Gasteiger partial charge in [-0.2, -0.15) is 11.3 Å². The number of likely N-dealkylation sites (tertiary alicyclic amines) is 1. The molecule has 0 amide bonds. The molecular formula is C14H24N2O3S2. The Morgan fingerprint density at radius 1 is 1.52 bits per heavy atom. The molecule has 1 aliphatic heterocycles. The first kappa shape index (κ1) is 16.9. The van der Waals surface area contributed by atoms with E-state index in [1.807, 2.05) is 0 Å². The number of piperidine rings is 1. The number of sulfonamides is 1. The lowest BCUT2D eigenvalue weighted by atomic mass is 10.1. The van der Waals surface area contributed by atoms with Gasteiger partial charge in [-0.15, -0.1) is 0 Å². The zero-order valence-electron chi connectivity index (χ0n) is 12.7. The topological polar surface area (TPSA) is 49.9 Å². The van der Waals surface area contributed by atoms with Gasteiger partial charge in [-0.05, 0) is 41.8 Å². The Hall–Kier alpha value is -0.470. The van der Waals surface area contributed by atoms with Crippen LogP contribution in [-0.2, 0) is 21.3 Å². The summed E-state index contributed by atoms with van der Waals surface area (Å²) in [6.07, 6.45) is 1.69. The van der Waals surface area contributed by atoms with Crippen LogP contribution >= 0.6 is 11.3 Å². The van der Waals surface area contributed by atoms with Crippen molar-refractivity contribution in [3.8, 4) is 0 Å². The SMILES string of the molecule is COCCN(C)S(=O)(=O)[C@@H]1CCCN(Cc2ccsc2)C1. The van der Waals surface area contributed by atoms with Crippen LogP contribution < -0.4 is 0 Å². The summed E-state index contributed by atoms with van der Waals surface area (Å²) in [5, 5.41) is 3.89. The van der Waals surface area contributed by atoms with Crippen molar-refractivity contribution < 1.29 is 13.2 Å². The summed E-state index contributed by atoms with van der Waals surface area (Å²) >= 11 is 1.68. The van der Waals surface area contributed by atoms with Crippen LogP contribution in [0.4, 0.5) is 0 Å². The summed E-state index contributed by atoms with van der Waals surface area (Å²) in [4.78, 5) is 2.25. The Bertz CT molecular complexity index is 516. The maximum atomic E-state index is 12.6. The molecule has 0 aromatic carbocycles. The molecular weight excluding hydrogens is 308 g/mol. The summed E-state index contributed by atoms with van der Waals surface area (Å²) < 4.78 is 31.6. The molecule has 1 aromatic rings. The molecule has 2 rings (SSSR count). The van der Waals surface area contributed by atoms with E-state index in [2.05, 4.69) is 21.7 Å². The minimum atomic E-state index is -3.23. The Kier molecular flexibility index (Phi) is 6.19. The molecule has 2 heterocycles. The van der Waals surface area contributed by atoms with Crippen LogP contribution in [0.25, 0.3) is 0 Å². The molecule has 0 unspecified atom stereocenters. The van der Waals surface area contributed by atoms with Crippen molar-refractivity contribution in [2.24, 2.45) is 0 Å². The van der Waals surface area contributed by atoms with E-state index in [0.29, 0.717) is 19.7 Å². The number of hydrogen-bond acceptors (Lipinski definition) is 5. The number of ether oxygens (including phenoxy) is 1. The van der Waals surface area contributed by atoms with Crippen LogP contribution in [0.15, 0.2) is 16.8 Å². The number of thiophene rings is 1. The molecule has 1 fully saturated rings. The fraction of sp³-hybridized carbons (Fsp3) is 0.714. The number of nitrogens with zero attached hydrogens (tertiary/aromatic N) is 2. The van der Waals surface area contributed by atoms with Gasteiger partial charge in [0.25, 0.3) is 0 Å². The Morgan fingerprint density at radius 2 is 2.33 bits per heavy atom. The molecule has 21 heavy (non-hydrogen) atoms. The van der Waals surface area contributed by atoms with Crippen LogP contribution in [0, 0.1) is 0 Å². The van der Waals surface area contributed by atoms with E-state index in [-0.39, 0.29) is 5.25 Å². The predicted octanol–water partition coefficient (Wildman–Crippen LogP) is 1.62. The van der Waals surface area contributed by atoms with Crippen LogP contribution in [0.3, 0.4) is 0 Å². The maximum Gasteiger partial charge on any atom is 0.218 e. The first-order valence-corrected chi connectivity index (χ1v) is 9.66. The molecule has 7 heteroatoms. The van der Waals surface area contributed by atoms with Gasteiger partial charge < -0.3 is 4.74 Å². The molecule has 120 valence electrons. The second kappa shape index (κ2) is 7.69. The maximum absolute atomic E-state index is 12.6. The summed E-state index contributed by atoms with van der Waals surface area (Å²) in [6.45, 7) is 3.29. The molecule has 0 spiro atoms. The van der Waals surface area contributed by atoms with E-state index in [9.17, 15) is 8.42 Å². The van der Waals surface area contributed by atoms with Crippen molar-refractivity contribution >= 4 is 21.4 Å². The molecule has 0 aliphatic carbocycles. The highest BCUT2D eigenvalue weighted by molar-refractivity contribution is 7.89. The van der Waals surface area contributed by atoms with E-state index < -0.39 is 10.0 Å². The third-order valence-corrected chi connectivity index (χ3v) is 6.93. The number of methoxy groups -OCH3 is 1. The highest BCUT2D eigenvalue weighted by Crippen LogP contribution is 2.21. The van der Waals surface area contributed by atoms with E-state index >= 15 is 0 Å². The van der Waals surface area contributed by atoms with Gasteiger partial charge in [-0.3, -0.25) is 4.90 Å². The summed E-state index contributed by atoms with van der Waals surface area (Å²) in [6, 6.07) is 2.10. The first-order chi connectivity index (χ1) is 10.0. The molecule has 1 saturated heterocycles. The third kappa shape index (κ3) is 4.50. The first-order valence-electron chi connectivity index (χ1n) is 7.21. The van der Waals surface area contributed by atoms with Crippen molar-refractivity contribution in [2.75, 3.05) is 40.4 Å². The van der Waals surface area contributed by atoms with Gasteiger partial charge in [0, 0.05) is 33.8 Å². The molecule has 1 aromatic heterocycles. The monoisotopic (exact) mass is 332 g/mol. The molecule has 0 saturated carbocycles. The van der Waals surface area contributed by atoms with E-state index in [1.54, 1.807) is 25.5 Å². The van der Waals surface area contributed by atoms with E-state index in [0.717, 1.165) is 25.9 Å². The largest absolute Gasteiger partial charge is 0.383 e. The summed E-state index contributed by atoms with van der Waals surface area (Å²) in [5.74, 6) is 0. The van der Waals surface area contributed by atoms with E-state index in [1.165, 1.54) is 9.87 Å². The van der Waals surface area contributed by atoms with Gasteiger partial charge in [0.15, 0.2) is 0 Å². The standard InChI is InChI=1S/C14H24N2O3S2/c1-15(7-8-19-2)21(17,18)14-4-3-6-16(11-14)10-13-5-9-20-12-13/h5,9,12,14H,3-4,6-8,10-11H2,1-2H3/t14-/m1/s1. The minimum Gasteiger partial charge on any atom is -0.383 e. The Morgan fingerprint density at radius 3 is 3.00 bits per heavy atom. The smallest absolute Gasteiger partial charge is 0.218 e. The Balaban J connectivity index is 1.96. The van der Waals surface area contributed by atoms with Gasteiger partial charge in [0.05, 0.1) is 11.9 Å². The summed E-state index contributed by atoms with van der Waals surface area (Å²) in [5.41, 5.74) is 1.27. The van der Waals surface area contributed by atoms with Crippen LogP contribution in [0.5, 0.6) is 0 Å². The zero-order valence-corrected chi connectivity index (χ0v) is 14.3. The molecule has 1 aliphatic rings. The van der Waals surface area contributed by atoms with E-state index in [4.69, 9.17) is 4.74 Å². The van der Waals surface area contributed by atoms with Gasteiger partial charge in [-0.1, -0.05) is 0 Å². The fourth-order valence-electron chi connectivity index (χ4n) is 2.64. The molecule has 1 atom stereocenters. The van der Waals surface area contributed by atoms with Crippen LogP contribution in [0.1, 0.15) is 18.4 Å². The minimum absolute atomic E-state index is 0.299. The van der Waals surface area contributed by atoms with Gasteiger partial charge in [-0.25, -0.2) is 12.7 Å². The van der Waals surface area contributed by atoms with Crippen molar-refractivity contribution in [2.45, 2.75) is 24.6 Å². The van der Waals surface area contributed by atoms with Crippen molar-refractivity contribution in [1.29, 1.82) is 0 Å². The van der Waals surface area contributed by atoms with Crippen LogP contribution in [0.2, 0.25) is 0 Å². The average Bonchev–Trinajstić information content (AvgIpc) is 2.97. The number of rotatable bonds is 7. The van der Waals surface area contributed by atoms with Gasteiger partial charge in [0.2, 0.25) is 10.0 Å². The van der Waals surface area contributed by atoms with Crippen LogP contribution in [-0.4, -0.2) is 63.3 Å². The lowest BCUT2D eigenvalue weighted by Crippen LogP contribution is -2.47. The highest BCUT2D eigenvalue weighted by atomic mass is 32.2. The van der Waals surface area contributed by atoms with Crippen molar-refractivity contribution in [1.82, 2.24) is 9.21 Å². The zero-order chi connectivity index (χ0) is 15.3. The van der Waals surface area contributed by atoms with Crippen molar-refractivity contribution in [3.05, 3.63) is 22.4 Å². The molecule has 0 radical (unpaired) electrons. The second-order valence-electron chi connectivity index (χ2n) is 5.49. The molecule has 5 nitrogen and oxygen atoms in total. The predicted molar refractivity (Wildman–Crippen MR) is 86.0 cm³/mol. The van der Waals surface area contributed by atoms with Gasteiger partial charge in [0.1, 0.15) is 0 Å². The fourth-order valence-corrected chi connectivity index (χ4v) is 5.00. The highest BCUT2D eigenvalue weighted by Gasteiger charge is 2.33. The normalized spacial score (nSPS) is 21.0. The second-order valence-corrected chi connectivity index (χ2v) is 8.59. The van der Waals surface area contributed by atoms with Gasteiger partial charge >= 0.3 is 0 Å². The quantitative estimate of drug-likeness (QED) is 0.761. The third-order valence-electron chi connectivity index (χ3n) is 3.91. The average molecular weight is 332 g/mol. The molecule has 0 N–H and O–H groups in total.